The molecule has 0 aliphatic carbocycles. The van der Waals surface area contributed by atoms with Crippen molar-refractivity contribution in [3.8, 4) is 10.6 Å². The first-order chi connectivity index (χ1) is 13.8. The van der Waals surface area contributed by atoms with Crippen LogP contribution >= 0.6 is 11.3 Å². The quantitative estimate of drug-likeness (QED) is 0.577. The Morgan fingerprint density at radius 2 is 1.90 bits per heavy atom. The Kier molecular flexibility index (Phi) is 5.40. The second-order valence-corrected chi connectivity index (χ2v) is 8.39. The topological polar surface area (TPSA) is 41.9 Å². The summed E-state index contributed by atoms with van der Waals surface area (Å²) in [6.45, 7) is 6.55. The van der Waals surface area contributed by atoms with Gasteiger partial charge in [-0.3, -0.25) is 4.90 Å². The summed E-state index contributed by atoms with van der Waals surface area (Å²) in [6.07, 6.45) is -1.51. The van der Waals surface area contributed by atoms with E-state index in [2.05, 4.69) is 28.7 Å². The Labute approximate surface area is 171 Å². The molecule has 2 aromatic heterocycles. The van der Waals surface area contributed by atoms with E-state index in [0.717, 1.165) is 59.4 Å². The van der Waals surface area contributed by atoms with Gasteiger partial charge in [-0.1, -0.05) is 26.0 Å². The van der Waals surface area contributed by atoms with Crippen molar-refractivity contribution in [2.45, 2.75) is 45.5 Å². The van der Waals surface area contributed by atoms with Crippen LogP contribution < -0.4 is 0 Å². The van der Waals surface area contributed by atoms with E-state index in [1.807, 2.05) is 11.6 Å². The van der Waals surface area contributed by atoms with Crippen LogP contribution in [-0.2, 0) is 25.7 Å². The average Bonchev–Trinajstić information content (AvgIpc) is 3.15. The molecular formula is C21H21F3N4S. The predicted octanol–water partition coefficient (Wildman–Crippen LogP) is 5.30. The van der Waals surface area contributed by atoms with Gasteiger partial charge in [-0.15, -0.1) is 11.3 Å². The number of nitrogens with zero attached hydrogens (tertiary/aromatic N) is 4. The highest BCUT2D eigenvalue weighted by atomic mass is 32.1. The summed E-state index contributed by atoms with van der Waals surface area (Å²) < 4.78 is 38.2. The molecule has 0 amide bonds. The molecule has 4 rings (SSSR count). The van der Waals surface area contributed by atoms with E-state index in [0.29, 0.717) is 18.0 Å². The molecule has 0 fully saturated rings. The van der Waals surface area contributed by atoms with Crippen LogP contribution in [0.15, 0.2) is 35.8 Å². The summed E-state index contributed by atoms with van der Waals surface area (Å²) in [4.78, 5) is 16.1. The van der Waals surface area contributed by atoms with Gasteiger partial charge in [-0.25, -0.2) is 15.0 Å². The van der Waals surface area contributed by atoms with Crippen LogP contribution in [0.5, 0.6) is 0 Å². The molecule has 3 aromatic rings. The number of alkyl halides is 3. The van der Waals surface area contributed by atoms with E-state index in [-0.39, 0.29) is 0 Å². The molecule has 0 N–H and O–H groups in total. The third kappa shape index (κ3) is 4.48. The molecule has 0 radical (unpaired) electrons. The minimum absolute atomic E-state index is 0.317. The molecule has 0 spiro atoms. The largest absolute Gasteiger partial charge is 0.416 e. The lowest BCUT2D eigenvalue weighted by Gasteiger charge is -2.27. The molecule has 1 aliphatic heterocycles. The van der Waals surface area contributed by atoms with Gasteiger partial charge in [-0.05, 0) is 12.1 Å². The standard InChI is InChI=1S/C21H21F3N4S/c1-13(2)19-25-9-15-10-28(8-7-18(15)27-19)11-17-12-29-20(26-17)14-3-5-16(6-4-14)21(22,23)24/h3-6,9,12-13H,7-8,10-11H2,1-2H3. The van der Waals surface area contributed by atoms with Gasteiger partial charge in [0, 0.05) is 60.4 Å². The predicted molar refractivity (Wildman–Crippen MR) is 106 cm³/mol. The molecule has 1 aromatic carbocycles. The summed E-state index contributed by atoms with van der Waals surface area (Å²) in [5.74, 6) is 1.20. The third-order valence-corrected chi connectivity index (χ3v) is 5.88. The maximum absolute atomic E-state index is 12.7. The maximum atomic E-state index is 12.7. The zero-order valence-corrected chi connectivity index (χ0v) is 17.0. The fraction of sp³-hybridized carbons (Fsp3) is 0.381. The summed E-state index contributed by atoms with van der Waals surface area (Å²) in [5.41, 5.74) is 3.26. The number of hydrogen-bond donors (Lipinski definition) is 0. The zero-order chi connectivity index (χ0) is 20.6. The molecule has 0 saturated carbocycles. The van der Waals surface area contributed by atoms with Gasteiger partial charge in [0.25, 0.3) is 0 Å². The van der Waals surface area contributed by atoms with Crippen LogP contribution in [0, 0.1) is 0 Å². The average molecular weight is 418 g/mol. The Morgan fingerprint density at radius 3 is 2.59 bits per heavy atom. The summed E-state index contributed by atoms with van der Waals surface area (Å²) in [7, 11) is 0. The molecule has 3 heterocycles. The molecule has 152 valence electrons. The van der Waals surface area contributed by atoms with Gasteiger partial charge in [0.2, 0.25) is 0 Å². The number of rotatable bonds is 4. The molecule has 4 nitrogen and oxygen atoms in total. The second-order valence-electron chi connectivity index (χ2n) is 7.53. The first-order valence-electron chi connectivity index (χ1n) is 9.48. The Bertz CT molecular complexity index is 996. The molecular weight excluding hydrogens is 397 g/mol. The van der Waals surface area contributed by atoms with Crippen LogP contribution in [0.4, 0.5) is 13.2 Å². The number of hydrogen-bond acceptors (Lipinski definition) is 5. The third-order valence-electron chi connectivity index (χ3n) is 4.94. The van der Waals surface area contributed by atoms with E-state index in [4.69, 9.17) is 4.98 Å². The van der Waals surface area contributed by atoms with E-state index >= 15 is 0 Å². The Morgan fingerprint density at radius 1 is 1.14 bits per heavy atom. The van der Waals surface area contributed by atoms with E-state index in [1.165, 1.54) is 23.5 Å². The summed E-state index contributed by atoms with van der Waals surface area (Å²) in [6, 6.07) is 5.16. The Hall–Kier alpha value is -2.32. The van der Waals surface area contributed by atoms with E-state index in [1.54, 1.807) is 0 Å². The molecule has 1 aliphatic rings. The van der Waals surface area contributed by atoms with Crippen molar-refractivity contribution < 1.29 is 13.2 Å². The highest BCUT2D eigenvalue weighted by Gasteiger charge is 2.30. The van der Waals surface area contributed by atoms with Crippen LogP contribution in [0.3, 0.4) is 0 Å². The lowest BCUT2D eigenvalue weighted by atomic mass is 10.1. The van der Waals surface area contributed by atoms with Gasteiger partial charge in [0.1, 0.15) is 10.8 Å². The maximum Gasteiger partial charge on any atom is 0.416 e. The minimum Gasteiger partial charge on any atom is -0.293 e. The van der Waals surface area contributed by atoms with Crippen LogP contribution in [0.2, 0.25) is 0 Å². The monoisotopic (exact) mass is 418 g/mol. The molecule has 8 heteroatoms. The SMILES string of the molecule is CC(C)c1ncc2c(n1)CCN(Cc1csc(-c3ccc(C(F)(F)F)cc3)n1)C2. The lowest BCUT2D eigenvalue weighted by molar-refractivity contribution is -0.137. The van der Waals surface area contributed by atoms with Crippen LogP contribution in [0.1, 0.15) is 48.1 Å². The van der Waals surface area contributed by atoms with Crippen molar-refractivity contribution in [3.05, 3.63) is 64.2 Å². The first kappa shape index (κ1) is 20.0. The van der Waals surface area contributed by atoms with Crippen molar-refractivity contribution >= 4 is 11.3 Å². The minimum atomic E-state index is -4.32. The normalized spacial score (nSPS) is 15.0. The second kappa shape index (κ2) is 7.84. The van der Waals surface area contributed by atoms with Crippen molar-refractivity contribution in [1.29, 1.82) is 0 Å². The van der Waals surface area contributed by atoms with Crippen LogP contribution in [-0.4, -0.2) is 26.4 Å². The van der Waals surface area contributed by atoms with Crippen LogP contribution in [0.25, 0.3) is 10.6 Å². The number of fused-ring (bicyclic) bond motifs is 1. The zero-order valence-electron chi connectivity index (χ0n) is 16.2. The summed E-state index contributed by atoms with van der Waals surface area (Å²) in [5, 5.41) is 2.71. The van der Waals surface area contributed by atoms with E-state index < -0.39 is 11.7 Å². The highest BCUT2D eigenvalue weighted by Crippen LogP contribution is 2.32. The number of aromatic nitrogens is 3. The molecule has 29 heavy (non-hydrogen) atoms. The van der Waals surface area contributed by atoms with Crippen molar-refractivity contribution in [3.63, 3.8) is 0 Å². The van der Waals surface area contributed by atoms with Gasteiger partial charge < -0.3 is 0 Å². The fourth-order valence-electron chi connectivity index (χ4n) is 3.35. The molecule has 0 unspecified atom stereocenters. The smallest absolute Gasteiger partial charge is 0.293 e. The van der Waals surface area contributed by atoms with Crippen molar-refractivity contribution in [1.82, 2.24) is 19.9 Å². The molecule has 0 atom stereocenters. The number of halogens is 3. The number of thiazole rings is 1. The molecule has 0 bridgehead atoms. The molecule has 0 saturated heterocycles. The number of benzene rings is 1. The fourth-order valence-corrected chi connectivity index (χ4v) is 4.16. The van der Waals surface area contributed by atoms with Gasteiger partial charge in [0.05, 0.1) is 11.3 Å². The van der Waals surface area contributed by atoms with Gasteiger partial charge in [0.15, 0.2) is 0 Å². The first-order valence-corrected chi connectivity index (χ1v) is 10.4. The van der Waals surface area contributed by atoms with E-state index in [9.17, 15) is 13.2 Å². The summed E-state index contributed by atoms with van der Waals surface area (Å²) >= 11 is 1.45. The van der Waals surface area contributed by atoms with Gasteiger partial charge >= 0.3 is 6.18 Å². The Balaban J connectivity index is 1.43. The lowest BCUT2D eigenvalue weighted by Crippen LogP contribution is -2.31. The van der Waals surface area contributed by atoms with Gasteiger partial charge in [-0.2, -0.15) is 13.2 Å². The highest BCUT2D eigenvalue weighted by molar-refractivity contribution is 7.13. The van der Waals surface area contributed by atoms with Crippen molar-refractivity contribution in [2.24, 2.45) is 0 Å². The van der Waals surface area contributed by atoms with Crippen molar-refractivity contribution in [2.75, 3.05) is 6.54 Å².